The minimum atomic E-state index is -2.04. The normalized spacial score (nSPS) is 22.8. The van der Waals surface area contributed by atoms with E-state index in [1.807, 2.05) is 139 Å². The molecule has 0 saturated carbocycles. The van der Waals surface area contributed by atoms with Crippen LogP contribution in [-0.4, -0.2) is 58.1 Å². The van der Waals surface area contributed by atoms with Gasteiger partial charge >= 0.3 is 12.0 Å². The lowest BCUT2D eigenvalue weighted by molar-refractivity contribution is -0.177. The maximum Gasteiger partial charge on any atom is 0.329 e. The van der Waals surface area contributed by atoms with Gasteiger partial charge in [-0.15, -0.1) is 0 Å². The molecule has 0 unspecified atom stereocenters. The number of imide groups is 1. The van der Waals surface area contributed by atoms with Crippen LogP contribution in [0.5, 0.6) is 5.75 Å². The molecule has 0 bridgehead atoms. The van der Waals surface area contributed by atoms with Crippen molar-refractivity contribution in [1.82, 2.24) is 15.2 Å². The van der Waals surface area contributed by atoms with Crippen molar-refractivity contribution in [3.05, 3.63) is 203 Å². The number of aliphatic hydroxyl groups excluding tert-OH is 1. The van der Waals surface area contributed by atoms with Crippen molar-refractivity contribution >= 4 is 56.2 Å². The van der Waals surface area contributed by atoms with Crippen molar-refractivity contribution in [3.8, 4) is 17.6 Å². The van der Waals surface area contributed by atoms with Crippen molar-refractivity contribution in [1.29, 1.82) is 0 Å². The fraction of sp³-hybridized carbons (Fsp3) is 0.237. The highest BCUT2D eigenvalue weighted by molar-refractivity contribution is 7.22. The molecule has 4 aliphatic rings. The van der Waals surface area contributed by atoms with E-state index in [0.29, 0.717) is 33.5 Å². The first-order valence-electron chi connectivity index (χ1n) is 24.4. The summed E-state index contributed by atoms with van der Waals surface area (Å²) in [7, 11) is 0. The van der Waals surface area contributed by atoms with Crippen LogP contribution in [0.25, 0.3) is 10.2 Å². The van der Waals surface area contributed by atoms with Crippen LogP contribution in [0.2, 0.25) is 0 Å². The van der Waals surface area contributed by atoms with E-state index in [4.69, 9.17) is 14.5 Å². The van der Waals surface area contributed by atoms with Crippen LogP contribution >= 0.6 is 11.3 Å². The number of aromatic nitrogens is 1. The number of carbonyl (C=O) groups excluding carboxylic acids is 4. The molecule has 4 amide bonds. The number of nitrogens with zero attached hydrogens (tertiary/aromatic N) is 3. The quantitative estimate of drug-likeness (QED) is 0.0899. The smallest absolute Gasteiger partial charge is 0.329 e. The van der Waals surface area contributed by atoms with Gasteiger partial charge in [0.1, 0.15) is 29.9 Å². The first-order valence-corrected chi connectivity index (χ1v) is 25.2. The standard InChI is InChI=1S/C59H51N5O7S/c1-37(40-19-8-3-9-20-40)60-58(69)63-47-32-31-39(30-29-38-17-6-2-7-18-38)35-45(47)59(56(63)68)49(54(66)62-57-61-46-27-14-15-28-48(46)72-57)51-55(67)71-52(42-23-12-5-13-24-42)50(41-21-10-4-11-22-41)64(51)53(59)43-25-16-26-44(36-43)70-34-33-65/h3-5,8-17,19-28,31-32,35-37,49-53,65H,2,6-7,18,33-34H2,1H3,(H,60,69)(H,61,62,66)/t37-,49+,50+,51+,52-,53-,59+/m1/s1. The Morgan fingerprint density at radius 3 is 2.29 bits per heavy atom. The van der Waals surface area contributed by atoms with E-state index in [2.05, 4.69) is 28.6 Å². The number of aliphatic hydroxyl groups is 1. The predicted octanol–water partition coefficient (Wildman–Crippen LogP) is 10.3. The number of carbonyl (C=O) groups is 4. The number of urea groups is 1. The number of esters is 1. The Morgan fingerprint density at radius 2 is 1.56 bits per heavy atom. The van der Waals surface area contributed by atoms with Crippen molar-refractivity contribution in [2.24, 2.45) is 5.92 Å². The average molecular weight is 974 g/mol. The van der Waals surface area contributed by atoms with Crippen LogP contribution in [0.15, 0.2) is 169 Å². The van der Waals surface area contributed by atoms with E-state index in [1.54, 1.807) is 30.3 Å². The molecule has 12 nitrogen and oxygen atoms in total. The SMILES string of the molecule is C[C@@H](NC(=O)N1C(=O)[C@@]2(c3cc(C#CC4=CCCCC4)ccc31)[C@H](C(=O)Nc1nc3ccccc3s1)[C@H]1C(=O)O[C@H](c3ccccc3)[C@H](c3ccccc3)N1[C@@H]2c1cccc(OCCO)c1)c1ccccc1. The molecule has 72 heavy (non-hydrogen) atoms. The monoisotopic (exact) mass is 973 g/mol. The molecule has 13 heteroatoms. The summed E-state index contributed by atoms with van der Waals surface area (Å²) in [5.41, 5.74) is 3.62. The van der Waals surface area contributed by atoms with Gasteiger partial charge in [0.15, 0.2) is 5.13 Å². The first kappa shape index (κ1) is 46.5. The number of nitrogens with one attached hydrogen (secondary N) is 2. The molecular formula is C59H51N5O7S. The first-order chi connectivity index (χ1) is 35.2. The molecule has 0 radical (unpaired) electrons. The Labute approximate surface area is 421 Å². The van der Waals surface area contributed by atoms with E-state index < -0.39 is 65.4 Å². The molecule has 7 atom stereocenters. The van der Waals surface area contributed by atoms with E-state index in [1.165, 1.54) is 11.3 Å². The third kappa shape index (κ3) is 8.31. The molecule has 1 aromatic heterocycles. The van der Waals surface area contributed by atoms with E-state index in [0.717, 1.165) is 52.0 Å². The summed E-state index contributed by atoms with van der Waals surface area (Å²) >= 11 is 1.27. The van der Waals surface area contributed by atoms with Gasteiger partial charge in [-0.3, -0.25) is 19.3 Å². The van der Waals surface area contributed by atoms with Crippen LogP contribution in [-0.2, 0) is 24.5 Å². The maximum atomic E-state index is 16.8. The molecule has 4 heterocycles. The highest BCUT2D eigenvalue weighted by atomic mass is 32.1. The Hall–Kier alpha value is -7.89. The Kier molecular flexibility index (Phi) is 12.7. The summed E-state index contributed by atoms with van der Waals surface area (Å²) in [6, 6.07) is 44.0. The highest BCUT2D eigenvalue weighted by Gasteiger charge is 2.75. The van der Waals surface area contributed by atoms with Gasteiger partial charge in [0.2, 0.25) is 11.8 Å². The minimum Gasteiger partial charge on any atom is -0.491 e. The Morgan fingerprint density at radius 1 is 0.833 bits per heavy atom. The van der Waals surface area contributed by atoms with Crippen LogP contribution in [0.3, 0.4) is 0 Å². The summed E-state index contributed by atoms with van der Waals surface area (Å²) in [6.07, 6.45) is 5.15. The molecule has 3 aliphatic heterocycles. The second-order valence-corrected chi connectivity index (χ2v) is 19.6. The van der Waals surface area contributed by atoms with Crippen LogP contribution < -0.4 is 20.3 Å². The highest BCUT2D eigenvalue weighted by Crippen LogP contribution is 2.66. The summed E-state index contributed by atoms with van der Waals surface area (Å²) < 4.78 is 13.6. The number of rotatable bonds is 10. The third-order valence-corrected chi connectivity index (χ3v) is 15.3. The second kappa shape index (κ2) is 19.7. The molecule has 2 fully saturated rings. The van der Waals surface area contributed by atoms with Crippen LogP contribution in [0, 0.1) is 17.8 Å². The second-order valence-electron chi connectivity index (χ2n) is 18.6. The summed E-state index contributed by atoms with van der Waals surface area (Å²) in [5, 5.41) is 16.4. The maximum absolute atomic E-state index is 16.8. The molecule has 1 spiro atoms. The van der Waals surface area contributed by atoms with Gasteiger partial charge in [-0.25, -0.2) is 14.7 Å². The number of para-hydroxylation sites is 1. The van der Waals surface area contributed by atoms with E-state index in [9.17, 15) is 5.11 Å². The fourth-order valence-corrected chi connectivity index (χ4v) is 12.1. The molecule has 6 aromatic carbocycles. The van der Waals surface area contributed by atoms with E-state index >= 15 is 19.2 Å². The van der Waals surface area contributed by atoms with Crippen molar-refractivity contribution in [3.63, 3.8) is 0 Å². The fourth-order valence-electron chi connectivity index (χ4n) is 11.2. The number of benzene rings is 6. The molecule has 360 valence electrons. The lowest BCUT2D eigenvalue weighted by Gasteiger charge is -2.46. The number of thiazole rings is 1. The largest absolute Gasteiger partial charge is 0.491 e. The molecule has 7 aromatic rings. The number of amides is 4. The van der Waals surface area contributed by atoms with Crippen molar-refractivity contribution in [2.45, 2.75) is 68.3 Å². The zero-order chi connectivity index (χ0) is 49.3. The van der Waals surface area contributed by atoms with Gasteiger partial charge in [-0.1, -0.05) is 145 Å². The summed E-state index contributed by atoms with van der Waals surface area (Å²) in [4.78, 5) is 71.7. The topological polar surface area (TPSA) is 150 Å². The van der Waals surface area contributed by atoms with Gasteiger partial charge in [0, 0.05) is 5.56 Å². The molecular weight excluding hydrogens is 923 g/mol. The molecule has 3 N–H and O–H groups in total. The number of anilines is 2. The van der Waals surface area contributed by atoms with Crippen LogP contribution in [0.1, 0.15) is 90.2 Å². The lowest BCUT2D eigenvalue weighted by Crippen LogP contribution is -2.55. The lowest BCUT2D eigenvalue weighted by atomic mass is 9.65. The molecule has 1 aliphatic carbocycles. The van der Waals surface area contributed by atoms with Gasteiger partial charge in [0.25, 0.3) is 0 Å². The number of fused-ring (bicyclic) bond motifs is 4. The average Bonchev–Trinajstić information content (AvgIpc) is 4.06. The van der Waals surface area contributed by atoms with Gasteiger partial charge in [-0.05, 0) is 108 Å². The van der Waals surface area contributed by atoms with Crippen molar-refractivity contribution in [2.75, 3.05) is 23.4 Å². The van der Waals surface area contributed by atoms with Gasteiger partial charge in [0.05, 0.1) is 46.6 Å². The summed E-state index contributed by atoms with van der Waals surface area (Å²) in [5.74, 6) is 3.51. The van der Waals surface area contributed by atoms with Crippen molar-refractivity contribution < 1.29 is 33.8 Å². The predicted molar refractivity (Wildman–Crippen MR) is 276 cm³/mol. The number of allylic oxidation sites excluding steroid dienone is 2. The Bertz CT molecular complexity index is 3270. The summed E-state index contributed by atoms with van der Waals surface area (Å²) in [6.45, 7) is 1.58. The van der Waals surface area contributed by atoms with Crippen LogP contribution in [0.4, 0.5) is 15.6 Å². The zero-order valence-corrected chi connectivity index (χ0v) is 40.3. The van der Waals surface area contributed by atoms with E-state index in [-0.39, 0.29) is 24.0 Å². The molecule has 2 saturated heterocycles. The zero-order valence-electron chi connectivity index (χ0n) is 39.4. The minimum absolute atomic E-state index is 0.0123. The van der Waals surface area contributed by atoms with Gasteiger partial charge in [-0.2, -0.15) is 0 Å². The number of morpholine rings is 1. The molecule has 11 rings (SSSR count). The third-order valence-electron chi connectivity index (χ3n) is 14.3. The number of hydrogen-bond acceptors (Lipinski definition) is 10. The Balaban J connectivity index is 1.20. The number of ether oxygens (including phenoxy) is 2. The number of cyclic esters (lactones) is 1. The number of hydrogen-bond donors (Lipinski definition) is 3. The van der Waals surface area contributed by atoms with Gasteiger partial charge < -0.3 is 25.2 Å².